The Morgan fingerprint density at radius 3 is 2.38 bits per heavy atom. The van der Waals surface area contributed by atoms with Gasteiger partial charge in [0, 0.05) is 26.2 Å². The molecule has 0 amide bonds. The molecule has 2 aromatic carbocycles. The summed E-state index contributed by atoms with van der Waals surface area (Å²) in [5.41, 5.74) is 0.586. The molecule has 3 rings (SSSR count). The minimum Gasteiger partial charge on any atom is -0.369 e. The molecule has 1 aliphatic rings. The molecule has 26 heavy (non-hydrogen) atoms. The van der Waals surface area contributed by atoms with Gasteiger partial charge in [-0.25, -0.2) is 12.8 Å². The number of sulfonamides is 1. The van der Waals surface area contributed by atoms with Crippen molar-refractivity contribution in [3.63, 3.8) is 0 Å². The molecule has 0 aromatic heterocycles. The zero-order chi connectivity index (χ0) is 18.7. The number of hydrogen-bond acceptors (Lipinski definition) is 4. The van der Waals surface area contributed by atoms with Crippen LogP contribution in [0.15, 0.2) is 53.4 Å². The predicted octanol–water partition coefficient (Wildman–Crippen LogP) is 2.93. The summed E-state index contributed by atoms with van der Waals surface area (Å²) in [6.45, 7) is 2.97. The SMILES string of the molecule is CC(=O)c1c(F)cccc1N1CCCN(S(=O)(=O)c2ccccc2)CC1. The van der Waals surface area contributed by atoms with Crippen molar-refractivity contribution in [1.29, 1.82) is 0 Å². The lowest BCUT2D eigenvalue weighted by atomic mass is 10.1. The number of nitrogens with zero attached hydrogens (tertiary/aromatic N) is 2. The van der Waals surface area contributed by atoms with Gasteiger partial charge in [-0.05, 0) is 37.6 Å². The van der Waals surface area contributed by atoms with Crippen molar-refractivity contribution >= 4 is 21.5 Å². The number of Topliss-reactive ketones (excluding diaryl/α,β-unsaturated/α-hetero) is 1. The minimum absolute atomic E-state index is 0.0619. The van der Waals surface area contributed by atoms with E-state index in [1.807, 2.05) is 4.90 Å². The van der Waals surface area contributed by atoms with Crippen LogP contribution in [0.4, 0.5) is 10.1 Å². The van der Waals surface area contributed by atoms with Gasteiger partial charge in [0.15, 0.2) is 5.78 Å². The Morgan fingerprint density at radius 2 is 1.69 bits per heavy atom. The summed E-state index contributed by atoms with van der Waals surface area (Å²) in [6.07, 6.45) is 0.597. The van der Waals surface area contributed by atoms with Gasteiger partial charge in [0.25, 0.3) is 0 Å². The Labute approximate surface area is 153 Å². The van der Waals surface area contributed by atoms with E-state index in [2.05, 4.69) is 0 Å². The number of ketones is 1. The average Bonchev–Trinajstić information content (AvgIpc) is 2.88. The second-order valence-electron chi connectivity index (χ2n) is 6.25. The third-order valence-electron chi connectivity index (χ3n) is 4.52. The molecule has 0 unspecified atom stereocenters. The van der Waals surface area contributed by atoms with Crippen LogP contribution < -0.4 is 4.90 Å². The van der Waals surface area contributed by atoms with Gasteiger partial charge in [-0.1, -0.05) is 24.3 Å². The Morgan fingerprint density at radius 1 is 0.962 bits per heavy atom. The second-order valence-corrected chi connectivity index (χ2v) is 8.19. The molecule has 0 atom stereocenters. The number of anilines is 1. The molecule has 0 radical (unpaired) electrons. The molecule has 138 valence electrons. The number of carbonyl (C=O) groups is 1. The van der Waals surface area contributed by atoms with Crippen LogP contribution in [-0.4, -0.2) is 44.7 Å². The lowest BCUT2D eigenvalue weighted by Crippen LogP contribution is -2.35. The normalized spacial score (nSPS) is 16.3. The number of rotatable bonds is 4. The maximum Gasteiger partial charge on any atom is 0.243 e. The van der Waals surface area contributed by atoms with E-state index in [0.29, 0.717) is 31.7 Å². The lowest BCUT2D eigenvalue weighted by molar-refractivity contribution is 0.101. The Balaban J connectivity index is 1.84. The standard InChI is InChI=1S/C19H21FN2O3S/c1-15(23)19-17(20)9-5-10-18(19)21-11-6-12-22(14-13-21)26(24,25)16-7-3-2-4-8-16/h2-5,7-10H,6,11-14H2,1H3. The fourth-order valence-electron chi connectivity index (χ4n) is 3.24. The van der Waals surface area contributed by atoms with Crippen molar-refractivity contribution in [3.8, 4) is 0 Å². The highest BCUT2D eigenvalue weighted by Gasteiger charge is 2.28. The summed E-state index contributed by atoms with van der Waals surface area (Å²) in [6, 6.07) is 12.9. The van der Waals surface area contributed by atoms with E-state index in [4.69, 9.17) is 0 Å². The number of halogens is 1. The summed E-state index contributed by atoms with van der Waals surface area (Å²) < 4.78 is 41.2. The van der Waals surface area contributed by atoms with Crippen molar-refractivity contribution in [1.82, 2.24) is 4.31 Å². The number of hydrogen-bond donors (Lipinski definition) is 0. The zero-order valence-electron chi connectivity index (χ0n) is 14.6. The van der Waals surface area contributed by atoms with Gasteiger partial charge in [0.05, 0.1) is 16.1 Å². The van der Waals surface area contributed by atoms with E-state index < -0.39 is 15.8 Å². The van der Waals surface area contributed by atoms with Crippen molar-refractivity contribution in [2.24, 2.45) is 0 Å². The highest BCUT2D eigenvalue weighted by Crippen LogP contribution is 2.26. The summed E-state index contributed by atoms with van der Waals surface area (Å²) in [4.78, 5) is 14.0. The van der Waals surface area contributed by atoms with E-state index in [0.717, 1.165) is 0 Å². The summed E-state index contributed by atoms with van der Waals surface area (Å²) in [5.74, 6) is -0.885. The van der Waals surface area contributed by atoms with Gasteiger partial charge in [0.1, 0.15) is 5.82 Å². The molecule has 1 saturated heterocycles. The molecular weight excluding hydrogens is 355 g/mol. The maximum absolute atomic E-state index is 14.1. The third-order valence-corrected chi connectivity index (χ3v) is 6.43. The van der Waals surface area contributed by atoms with Gasteiger partial charge < -0.3 is 4.90 Å². The molecule has 5 nitrogen and oxygen atoms in total. The van der Waals surface area contributed by atoms with Crippen molar-refractivity contribution < 1.29 is 17.6 Å². The van der Waals surface area contributed by atoms with Crippen molar-refractivity contribution in [2.45, 2.75) is 18.2 Å². The maximum atomic E-state index is 14.1. The predicted molar refractivity (Wildman–Crippen MR) is 98.4 cm³/mol. The first-order valence-corrected chi connectivity index (χ1v) is 9.95. The van der Waals surface area contributed by atoms with Crippen LogP contribution in [-0.2, 0) is 10.0 Å². The fourth-order valence-corrected chi connectivity index (χ4v) is 4.73. The highest BCUT2D eigenvalue weighted by molar-refractivity contribution is 7.89. The van der Waals surface area contributed by atoms with Crippen molar-refractivity contribution in [2.75, 3.05) is 31.1 Å². The molecule has 0 aliphatic carbocycles. The highest BCUT2D eigenvalue weighted by atomic mass is 32.2. The Hall–Kier alpha value is -2.25. The Kier molecular flexibility index (Phi) is 5.38. The van der Waals surface area contributed by atoms with E-state index in [1.165, 1.54) is 17.3 Å². The molecule has 1 heterocycles. The second kappa shape index (κ2) is 7.55. The van der Waals surface area contributed by atoms with Gasteiger partial charge in [-0.2, -0.15) is 4.31 Å². The van der Waals surface area contributed by atoms with Crippen LogP contribution in [0, 0.1) is 5.82 Å². The van der Waals surface area contributed by atoms with E-state index in [9.17, 15) is 17.6 Å². The summed E-state index contributed by atoms with van der Waals surface area (Å²) >= 11 is 0. The van der Waals surface area contributed by atoms with Gasteiger partial charge in [0.2, 0.25) is 10.0 Å². The first-order valence-electron chi connectivity index (χ1n) is 8.51. The largest absolute Gasteiger partial charge is 0.369 e. The minimum atomic E-state index is -3.56. The molecule has 7 heteroatoms. The first-order chi connectivity index (χ1) is 12.4. The van der Waals surface area contributed by atoms with Gasteiger partial charge in [-0.15, -0.1) is 0 Å². The molecule has 0 N–H and O–H groups in total. The van der Waals surface area contributed by atoms with Gasteiger partial charge in [-0.3, -0.25) is 4.79 Å². The molecule has 2 aromatic rings. The molecule has 1 aliphatic heterocycles. The number of benzene rings is 2. The van der Waals surface area contributed by atoms with Crippen LogP contribution in [0.5, 0.6) is 0 Å². The van der Waals surface area contributed by atoms with Crippen LogP contribution in [0.3, 0.4) is 0 Å². The topological polar surface area (TPSA) is 57.7 Å². The fraction of sp³-hybridized carbons (Fsp3) is 0.316. The molecular formula is C19H21FN2O3S. The monoisotopic (exact) mass is 376 g/mol. The molecule has 0 saturated carbocycles. The Bertz CT molecular complexity index is 900. The van der Waals surface area contributed by atoms with Crippen LogP contribution in [0.2, 0.25) is 0 Å². The average molecular weight is 376 g/mol. The van der Waals surface area contributed by atoms with Gasteiger partial charge >= 0.3 is 0 Å². The van der Waals surface area contributed by atoms with Crippen LogP contribution in [0.1, 0.15) is 23.7 Å². The molecule has 0 bridgehead atoms. The smallest absolute Gasteiger partial charge is 0.243 e. The molecule has 1 fully saturated rings. The lowest BCUT2D eigenvalue weighted by Gasteiger charge is -2.25. The van der Waals surface area contributed by atoms with E-state index >= 15 is 0 Å². The number of carbonyl (C=O) groups excluding carboxylic acids is 1. The molecule has 0 spiro atoms. The van der Waals surface area contributed by atoms with Crippen molar-refractivity contribution in [3.05, 3.63) is 59.9 Å². The van der Waals surface area contributed by atoms with Crippen LogP contribution >= 0.6 is 0 Å². The third kappa shape index (κ3) is 3.64. The zero-order valence-corrected chi connectivity index (χ0v) is 15.4. The summed E-state index contributed by atoms with van der Waals surface area (Å²) in [5, 5.41) is 0. The summed E-state index contributed by atoms with van der Waals surface area (Å²) in [7, 11) is -3.56. The van der Waals surface area contributed by atoms with E-state index in [-0.39, 0.29) is 22.8 Å². The van der Waals surface area contributed by atoms with E-state index in [1.54, 1.807) is 42.5 Å². The quantitative estimate of drug-likeness (QED) is 0.770. The first kappa shape index (κ1) is 18.5. The van der Waals surface area contributed by atoms with Crippen LogP contribution in [0.25, 0.3) is 0 Å².